The lowest BCUT2D eigenvalue weighted by molar-refractivity contribution is -0.137. The molecular formula is C25H42O6. The van der Waals surface area contributed by atoms with E-state index in [0.717, 1.165) is 37.5 Å². The zero-order chi connectivity index (χ0) is 23.4. The molecule has 7 atom stereocenters. The molecule has 0 radical (unpaired) electrons. The number of carboxylic acid groups (broad SMARTS) is 2. The van der Waals surface area contributed by atoms with Crippen LogP contribution in [-0.2, 0) is 9.59 Å². The molecule has 6 heteroatoms. The molecule has 4 rings (SSSR count). The first-order valence-corrected chi connectivity index (χ1v) is 12.0. The highest BCUT2D eigenvalue weighted by Crippen LogP contribution is 2.64. The molecule has 0 heterocycles. The fraction of sp³-hybridized carbons (Fsp3) is 0.840. The molecule has 3 saturated carbocycles. The van der Waals surface area contributed by atoms with Crippen LogP contribution in [0.3, 0.4) is 0 Å². The van der Waals surface area contributed by atoms with Crippen LogP contribution in [0.4, 0.5) is 0 Å². The summed E-state index contributed by atoms with van der Waals surface area (Å²) in [7, 11) is 0. The smallest absolute Gasteiger partial charge is 0.303 e. The summed E-state index contributed by atoms with van der Waals surface area (Å²) >= 11 is 0. The molecule has 6 nitrogen and oxygen atoms in total. The third kappa shape index (κ3) is 5.51. The molecular weight excluding hydrogens is 396 g/mol. The van der Waals surface area contributed by atoms with E-state index < -0.39 is 11.9 Å². The van der Waals surface area contributed by atoms with Gasteiger partial charge >= 0.3 is 11.9 Å². The number of carboxylic acids is 2. The second kappa shape index (κ2) is 10.5. The lowest BCUT2D eigenvalue weighted by Crippen LogP contribution is -2.51. The normalized spacial score (nSPS) is 40.5. The number of fused-ring (bicyclic) bond motifs is 5. The number of aliphatic carboxylic acids is 2. The zero-order valence-corrected chi connectivity index (χ0v) is 19.6. The Morgan fingerprint density at radius 3 is 2.06 bits per heavy atom. The molecule has 0 bridgehead atoms. The van der Waals surface area contributed by atoms with E-state index in [-0.39, 0.29) is 30.5 Å². The van der Waals surface area contributed by atoms with Crippen LogP contribution in [0.1, 0.15) is 91.9 Å². The molecule has 0 unspecified atom stereocenters. The van der Waals surface area contributed by atoms with E-state index in [1.165, 1.54) is 25.7 Å². The zero-order valence-electron chi connectivity index (χ0n) is 19.6. The lowest BCUT2D eigenvalue weighted by Gasteiger charge is -2.57. The van der Waals surface area contributed by atoms with E-state index in [0.29, 0.717) is 11.3 Å². The Labute approximate surface area is 186 Å². The van der Waals surface area contributed by atoms with E-state index in [9.17, 15) is 19.8 Å². The minimum absolute atomic E-state index is 0.0742. The summed E-state index contributed by atoms with van der Waals surface area (Å²) in [6, 6.07) is 0. The van der Waals surface area contributed by atoms with Crippen molar-refractivity contribution in [2.75, 3.05) is 0 Å². The van der Waals surface area contributed by atoms with Crippen LogP contribution in [-0.4, -0.2) is 44.6 Å². The molecule has 178 valence electrons. The first-order chi connectivity index (χ1) is 14.5. The predicted molar refractivity (Wildman–Crippen MR) is 120 cm³/mol. The molecule has 0 spiro atoms. The Bertz CT molecular complexity index is 659. The molecule has 0 aromatic heterocycles. The number of aliphatic hydroxyl groups is 2. The topological polar surface area (TPSA) is 115 Å². The number of aliphatic hydroxyl groups excluding tert-OH is 2. The van der Waals surface area contributed by atoms with Crippen molar-refractivity contribution in [3.8, 4) is 0 Å². The Morgan fingerprint density at radius 2 is 1.52 bits per heavy atom. The molecule has 0 aromatic carbocycles. The maximum atomic E-state index is 10.5. The highest BCUT2D eigenvalue weighted by Gasteiger charge is 2.58. The van der Waals surface area contributed by atoms with Crippen LogP contribution in [0, 0.1) is 28.6 Å². The molecule has 31 heavy (non-hydrogen) atoms. The Morgan fingerprint density at radius 1 is 0.935 bits per heavy atom. The number of carbonyl (C=O) groups is 2. The molecule has 4 aliphatic carbocycles. The second-order valence-corrected chi connectivity index (χ2v) is 10.3. The van der Waals surface area contributed by atoms with Crippen molar-refractivity contribution in [1.29, 1.82) is 0 Å². The minimum atomic E-state index is -0.745. The lowest BCUT2D eigenvalue weighted by atomic mass is 9.48. The van der Waals surface area contributed by atoms with Gasteiger partial charge in [0, 0.05) is 12.8 Å². The van der Waals surface area contributed by atoms with Gasteiger partial charge in [-0.05, 0) is 80.0 Å². The molecule has 4 N–H and O–H groups in total. The largest absolute Gasteiger partial charge is 0.481 e. The van der Waals surface area contributed by atoms with Gasteiger partial charge in [-0.15, -0.1) is 0 Å². The standard InChI is InChI=1S/C19H30O2.2C3H6O2/c1-18-9-7-13(20)11-12(18)3-4-14-15-5-6-17(21)19(15,2)10-8-16(14)18;2*1-2-3(4)5/h3,13-17,20-21H,4-11H2,1-2H3;2*2H2,1H3,(H,4,5)/t13-,14-,15-,16-,17-,18-,19-;;/m0../s1. The molecule has 0 amide bonds. The van der Waals surface area contributed by atoms with Gasteiger partial charge in [0.25, 0.3) is 0 Å². The van der Waals surface area contributed by atoms with Gasteiger partial charge in [-0.1, -0.05) is 39.3 Å². The quantitative estimate of drug-likeness (QED) is 0.467. The van der Waals surface area contributed by atoms with Gasteiger partial charge in [-0.2, -0.15) is 0 Å². The molecule has 3 fully saturated rings. The molecule has 0 aromatic rings. The van der Waals surface area contributed by atoms with Crippen LogP contribution in [0.5, 0.6) is 0 Å². The van der Waals surface area contributed by atoms with Crippen molar-refractivity contribution in [2.24, 2.45) is 28.6 Å². The second-order valence-electron chi connectivity index (χ2n) is 10.3. The summed E-state index contributed by atoms with van der Waals surface area (Å²) in [4.78, 5) is 18.7. The summed E-state index contributed by atoms with van der Waals surface area (Å²) in [5.74, 6) is 0.779. The molecule has 0 saturated heterocycles. The van der Waals surface area contributed by atoms with E-state index in [1.54, 1.807) is 19.4 Å². The summed E-state index contributed by atoms with van der Waals surface area (Å²) in [5.41, 5.74) is 2.05. The summed E-state index contributed by atoms with van der Waals surface area (Å²) in [6.45, 7) is 8.01. The summed E-state index contributed by atoms with van der Waals surface area (Å²) in [6.07, 6.45) is 11.7. The Balaban J connectivity index is 0.000000289. The first kappa shape index (κ1) is 25.9. The van der Waals surface area contributed by atoms with Crippen LogP contribution in [0.2, 0.25) is 0 Å². The van der Waals surface area contributed by atoms with Crippen molar-refractivity contribution < 1.29 is 30.0 Å². The average molecular weight is 439 g/mol. The highest BCUT2D eigenvalue weighted by atomic mass is 16.4. The average Bonchev–Trinajstić information content (AvgIpc) is 3.04. The van der Waals surface area contributed by atoms with Gasteiger partial charge in [-0.3, -0.25) is 9.59 Å². The van der Waals surface area contributed by atoms with Crippen molar-refractivity contribution >= 4 is 11.9 Å². The van der Waals surface area contributed by atoms with E-state index in [4.69, 9.17) is 10.2 Å². The van der Waals surface area contributed by atoms with E-state index >= 15 is 0 Å². The Kier molecular flexibility index (Phi) is 8.74. The molecule has 0 aliphatic heterocycles. The van der Waals surface area contributed by atoms with Crippen LogP contribution in [0.15, 0.2) is 11.6 Å². The predicted octanol–water partition coefficient (Wildman–Crippen LogP) is 4.63. The fourth-order valence-electron chi connectivity index (χ4n) is 6.61. The van der Waals surface area contributed by atoms with E-state index in [2.05, 4.69) is 19.9 Å². The third-order valence-electron chi connectivity index (χ3n) is 8.63. The number of hydrogen-bond acceptors (Lipinski definition) is 4. The summed E-state index contributed by atoms with van der Waals surface area (Å²) < 4.78 is 0. The third-order valence-corrected chi connectivity index (χ3v) is 8.63. The van der Waals surface area contributed by atoms with Gasteiger partial charge in [0.05, 0.1) is 12.2 Å². The highest BCUT2D eigenvalue weighted by molar-refractivity contribution is 5.66. The fourth-order valence-corrected chi connectivity index (χ4v) is 6.61. The summed E-state index contributed by atoms with van der Waals surface area (Å²) in [5, 5.41) is 35.9. The van der Waals surface area contributed by atoms with Crippen LogP contribution in [0.25, 0.3) is 0 Å². The van der Waals surface area contributed by atoms with Gasteiger partial charge in [0.2, 0.25) is 0 Å². The SMILES string of the molecule is CCC(=O)O.CCC(=O)O.C[C@]12CC[C@H]3[C@@H](CC=C4C[C@@H](O)CC[C@@]43C)[C@@H]1CC[C@@H]2O. The van der Waals surface area contributed by atoms with Crippen LogP contribution >= 0.6 is 0 Å². The first-order valence-electron chi connectivity index (χ1n) is 12.0. The van der Waals surface area contributed by atoms with Gasteiger partial charge in [0.15, 0.2) is 0 Å². The van der Waals surface area contributed by atoms with E-state index in [1.807, 2.05) is 0 Å². The maximum absolute atomic E-state index is 10.5. The number of hydrogen-bond donors (Lipinski definition) is 4. The minimum Gasteiger partial charge on any atom is -0.481 e. The van der Waals surface area contributed by atoms with Crippen molar-refractivity contribution in [1.82, 2.24) is 0 Å². The van der Waals surface area contributed by atoms with Crippen LogP contribution < -0.4 is 0 Å². The van der Waals surface area contributed by atoms with Gasteiger partial charge < -0.3 is 20.4 Å². The number of rotatable bonds is 2. The van der Waals surface area contributed by atoms with Crippen molar-refractivity contribution in [3.63, 3.8) is 0 Å². The number of allylic oxidation sites excluding steroid dienone is 1. The van der Waals surface area contributed by atoms with Gasteiger partial charge in [0.1, 0.15) is 0 Å². The van der Waals surface area contributed by atoms with Crippen molar-refractivity contribution in [3.05, 3.63) is 11.6 Å². The molecule has 4 aliphatic rings. The maximum Gasteiger partial charge on any atom is 0.303 e. The van der Waals surface area contributed by atoms with Gasteiger partial charge in [-0.25, -0.2) is 0 Å². The van der Waals surface area contributed by atoms with Crippen molar-refractivity contribution in [2.45, 2.75) is 104 Å². The monoisotopic (exact) mass is 438 g/mol. The Hall–Kier alpha value is -1.40.